The van der Waals surface area contributed by atoms with Gasteiger partial charge in [0, 0.05) is 17.5 Å². The van der Waals surface area contributed by atoms with Crippen LogP contribution in [0.1, 0.15) is 18.6 Å². The summed E-state index contributed by atoms with van der Waals surface area (Å²) in [4.78, 5) is 5.41. The number of hydrogen-bond acceptors (Lipinski definition) is 7. The van der Waals surface area contributed by atoms with Crippen molar-refractivity contribution in [2.24, 2.45) is 0 Å². The summed E-state index contributed by atoms with van der Waals surface area (Å²) in [7, 11) is 0. The maximum absolute atomic E-state index is 5.82. The molecule has 1 aliphatic heterocycles. The lowest BCUT2D eigenvalue weighted by molar-refractivity contribution is 0.152. The summed E-state index contributed by atoms with van der Waals surface area (Å²) >= 11 is 0. The third-order valence-electron chi connectivity index (χ3n) is 4.19. The normalized spacial score (nSPS) is 14.9. The molecule has 3 heterocycles. The second-order valence-corrected chi connectivity index (χ2v) is 6.11. The number of ether oxygens (including phenoxy) is 1. The molecule has 0 radical (unpaired) electrons. The van der Waals surface area contributed by atoms with Crippen LogP contribution in [-0.2, 0) is 0 Å². The number of hydroxylamine groups is 1. The number of hydrogen-bond donors (Lipinski definition) is 2. The summed E-state index contributed by atoms with van der Waals surface area (Å²) in [5, 5.41) is 12.4. The molecule has 4 rings (SSSR count). The Kier molecular flexibility index (Phi) is 4.70. The van der Waals surface area contributed by atoms with Crippen molar-refractivity contribution in [2.45, 2.75) is 18.9 Å². The number of benzene rings is 1. The van der Waals surface area contributed by atoms with Gasteiger partial charge in [-0.3, -0.25) is 0 Å². The first kappa shape index (κ1) is 16.4. The number of para-hydroxylation sites is 1. The van der Waals surface area contributed by atoms with Crippen molar-refractivity contribution in [2.75, 3.05) is 13.1 Å². The molecule has 26 heavy (non-hydrogen) atoms. The van der Waals surface area contributed by atoms with Gasteiger partial charge in [0.25, 0.3) is 5.88 Å². The van der Waals surface area contributed by atoms with E-state index in [1.807, 2.05) is 30.3 Å². The molecule has 1 aliphatic rings. The summed E-state index contributed by atoms with van der Waals surface area (Å²) in [5.41, 5.74) is 4.03. The summed E-state index contributed by atoms with van der Waals surface area (Å²) in [6.45, 7) is 5.85. The minimum absolute atomic E-state index is 0.184. The van der Waals surface area contributed by atoms with E-state index < -0.39 is 0 Å². The third-order valence-corrected chi connectivity index (χ3v) is 4.19. The molecule has 0 atom stereocenters. The predicted molar refractivity (Wildman–Crippen MR) is 97.6 cm³/mol. The van der Waals surface area contributed by atoms with Crippen molar-refractivity contribution in [3.05, 3.63) is 54.8 Å². The highest BCUT2D eigenvalue weighted by Crippen LogP contribution is 2.22. The Balaban J connectivity index is 1.33. The molecule has 1 saturated heterocycles. The van der Waals surface area contributed by atoms with Crippen LogP contribution in [-0.4, -0.2) is 29.4 Å². The molecule has 2 aromatic heterocycles. The molecule has 1 aromatic carbocycles. The van der Waals surface area contributed by atoms with E-state index in [4.69, 9.17) is 14.0 Å². The molecular weight excluding hydrogens is 332 g/mol. The predicted octanol–water partition coefficient (Wildman–Crippen LogP) is 2.91. The van der Waals surface area contributed by atoms with Crippen LogP contribution >= 0.6 is 0 Å². The first-order valence-corrected chi connectivity index (χ1v) is 8.60. The highest BCUT2D eigenvalue weighted by atomic mass is 16.7. The number of nitrogens with one attached hydrogen (secondary N) is 2. The Bertz CT molecular complexity index is 852. The summed E-state index contributed by atoms with van der Waals surface area (Å²) < 4.78 is 11.5. The molecule has 0 amide bonds. The van der Waals surface area contributed by atoms with E-state index in [1.165, 1.54) is 0 Å². The second kappa shape index (κ2) is 7.45. The monoisotopic (exact) mass is 352 g/mol. The third kappa shape index (κ3) is 3.78. The van der Waals surface area contributed by atoms with Crippen molar-refractivity contribution >= 4 is 16.7 Å². The van der Waals surface area contributed by atoms with Gasteiger partial charge < -0.3 is 19.3 Å². The highest BCUT2D eigenvalue weighted by Gasteiger charge is 2.15. The largest absolute Gasteiger partial charge is 0.473 e. The zero-order valence-electron chi connectivity index (χ0n) is 14.3. The van der Waals surface area contributed by atoms with Gasteiger partial charge in [-0.25, -0.2) is 5.48 Å². The lowest BCUT2D eigenvalue weighted by Gasteiger charge is -2.22. The molecule has 0 saturated carbocycles. The van der Waals surface area contributed by atoms with Gasteiger partial charge in [0.2, 0.25) is 5.88 Å². The fourth-order valence-electron chi connectivity index (χ4n) is 2.80. The van der Waals surface area contributed by atoms with Crippen molar-refractivity contribution in [3.63, 3.8) is 0 Å². The standard InChI is InChI=1S/C19H20N4O3/c1-13(17-12-14-4-2-3-5-16(14)25-17)23-26-19-7-6-18(21-22-19)24-15-8-10-20-11-9-15/h2-7,12,15,20,23H,1,8-11H2. The lowest BCUT2D eigenvalue weighted by Crippen LogP contribution is -2.34. The summed E-state index contributed by atoms with van der Waals surface area (Å²) in [5.74, 6) is 1.42. The minimum atomic E-state index is 0.184. The number of nitrogens with zero attached hydrogens (tertiary/aromatic N) is 2. The van der Waals surface area contributed by atoms with Crippen molar-refractivity contribution in [1.29, 1.82) is 0 Å². The van der Waals surface area contributed by atoms with Gasteiger partial charge in [-0.15, -0.1) is 10.2 Å². The van der Waals surface area contributed by atoms with E-state index in [2.05, 4.69) is 27.6 Å². The zero-order chi connectivity index (χ0) is 17.8. The molecule has 3 aromatic rings. The number of aromatic nitrogens is 2. The van der Waals surface area contributed by atoms with Crippen LogP contribution in [0.4, 0.5) is 0 Å². The van der Waals surface area contributed by atoms with Gasteiger partial charge in [0.1, 0.15) is 17.4 Å². The maximum atomic E-state index is 5.82. The lowest BCUT2D eigenvalue weighted by atomic mass is 10.1. The van der Waals surface area contributed by atoms with E-state index in [0.29, 0.717) is 23.2 Å². The second-order valence-electron chi connectivity index (χ2n) is 6.11. The quantitative estimate of drug-likeness (QED) is 0.660. The van der Waals surface area contributed by atoms with E-state index in [-0.39, 0.29) is 6.10 Å². The molecule has 7 nitrogen and oxygen atoms in total. The van der Waals surface area contributed by atoms with Gasteiger partial charge in [-0.2, -0.15) is 0 Å². The van der Waals surface area contributed by atoms with Crippen LogP contribution < -0.4 is 20.4 Å². The average molecular weight is 352 g/mol. The Labute approximate surface area is 151 Å². The summed E-state index contributed by atoms with van der Waals surface area (Å²) in [6, 6.07) is 13.1. The van der Waals surface area contributed by atoms with Crippen molar-refractivity contribution in [3.8, 4) is 11.8 Å². The Morgan fingerprint density at radius 2 is 1.88 bits per heavy atom. The Hall–Kier alpha value is -3.06. The molecular formula is C19H20N4O3. The number of piperidine rings is 1. The Morgan fingerprint density at radius 1 is 1.12 bits per heavy atom. The van der Waals surface area contributed by atoms with Crippen LogP contribution in [0, 0.1) is 0 Å². The van der Waals surface area contributed by atoms with Crippen LogP contribution in [0.15, 0.2) is 53.5 Å². The van der Waals surface area contributed by atoms with Gasteiger partial charge in [-0.05, 0) is 38.1 Å². The first-order chi connectivity index (χ1) is 12.8. The average Bonchev–Trinajstić information content (AvgIpc) is 3.12. The van der Waals surface area contributed by atoms with Crippen LogP contribution in [0.25, 0.3) is 16.7 Å². The summed E-state index contributed by atoms with van der Waals surface area (Å²) in [6.07, 6.45) is 2.13. The molecule has 0 aliphatic carbocycles. The van der Waals surface area contributed by atoms with Gasteiger partial charge in [-0.1, -0.05) is 24.8 Å². The van der Waals surface area contributed by atoms with E-state index in [1.54, 1.807) is 12.1 Å². The maximum Gasteiger partial charge on any atom is 0.265 e. The van der Waals surface area contributed by atoms with Crippen LogP contribution in [0.5, 0.6) is 11.8 Å². The minimum Gasteiger partial charge on any atom is -0.473 e. The zero-order valence-corrected chi connectivity index (χ0v) is 14.3. The number of rotatable bonds is 6. The highest BCUT2D eigenvalue weighted by molar-refractivity contribution is 5.81. The van der Waals surface area contributed by atoms with Gasteiger partial charge in [0.15, 0.2) is 5.76 Å². The fourth-order valence-corrected chi connectivity index (χ4v) is 2.80. The van der Waals surface area contributed by atoms with Crippen molar-refractivity contribution in [1.82, 2.24) is 21.0 Å². The molecule has 1 fully saturated rings. The first-order valence-electron chi connectivity index (χ1n) is 8.60. The van der Waals surface area contributed by atoms with Crippen molar-refractivity contribution < 1.29 is 14.0 Å². The Morgan fingerprint density at radius 3 is 2.65 bits per heavy atom. The smallest absolute Gasteiger partial charge is 0.265 e. The van der Waals surface area contributed by atoms with Crippen LogP contribution in [0.2, 0.25) is 0 Å². The molecule has 7 heteroatoms. The van der Waals surface area contributed by atoms with E-state index >= 15 is 0 Å². The van der Waals surface area contributed by atoms with E-state index in [0.717, 1.165) is 36.9 Å². The SMILES string of the molecule is C=C(NOc1ccc(OC2CCNCC2)nn1)c1cc2ccccc2o1. The molecule has 0 unspecified atom stereocenters. The van der Waals surface area contributed by atoms with Gasteiger partial charge >= 0.3 is 0 Å². The number of furan rings is 1. The number of fused-ring (bicyclic) bond motifs is 1. The molecule has 0 bridgehead atoms. The molecule has 2 N–H and O–H groups in total. The molecule has 134 valence electrons. The topological polar surface area (TPSA) is 81.4 Å². The molecule has 0 spiro atoms. The van der Waals surface area contributed by atoms with Gasteiger partial charge in [0.05, 0.1) is 0 Å². The fraction of sp³-hybridized carbons (Fsp3) is 0.263. The van der Waals surface area contributed by atoms with E-state index in [9.17, 15) is 0 Å². The van der Waals surface area contributed by atoms with Crippen LogP contribution in [0.3, 0.4) is 0 Å².